The summed E-state index contributed by atoms with van der Waals surface area (Å²) in [5.74, 6) is -3.60. The zero-order chi connectivity index (χ0) is 26.1. The first kappa shape index (κ1) is 26.2. The topological polar surface area (TPSA) is 67.4 Å². The van der Waals surface area contributed by atoms with E-state index in [2.05, 4.69) is 5.32 Å². The summed E-state index contributed by atoms with van der Waals surface area (Å²) in [5.41, 5.74) is -1.11. The number of urea groups is 1. The number of nitrogens with one attached hydrogen (secondary N) is 2. The van der Waals surface area contributed by atoms with Crippen LogP contribution in [0.15, 0.2) is 42.5 Å². The van der Waals surface area contributed by atoms with Gasteiger partial charge in [-0.05, 0) is 61.4 Å². The van der Waals surface area contributed by atoms with Gasteiger partial charge in [0.25, 0.3) is 5.91 Å². The molecule has 0 radical (unpaired) electrons. The summed E-state index contributed by atoms with van der Waals surface area (Å²) in [6.45, 7) is 3.04. The molecule has 3 aromatic rings. The van der Waals surface area contributed by atoms with E-state index < -0.39 is 40.9 Å². The first-order chi connectivity index (χ1) is 16.3. The van der Waals surface area contributed by atoms with E-state index in [9.17, 15) is 31.5 Å². The van der Waals surface area contributed by atoms with E-state index in [4.69, 9.17) is 27.9 Å². The van der Waals surface area contributed by atoms with E-state index in [1.54, 1.807) is 6.92 Å². The Morgan fingerprint density at radius 1 is 0.971 bits per heavy atom. The van der Waals surface area contributed by atoms with Crippen molar-refractivity contribution in [2.45, 2.75) is 20.0 Å². The number of ether oxygens (including phenoxy) is 1. The molecule has 0 spiro atoms. The lowest BCUT2D eigenvalue weighted by Gasteiger charge is -2.18. The van der Waals surface area contributed by atoms with Crippen molar-refractivity contribution < 1.29 is 36.3 Å². The predicted octanol–water partition coefficient (Wildman–Crippen LogP) is 7.66. The van der Waals surface area contributed by atoms with Crippen molar-refractivity contribution in [3.05, 3.63) is 86.4 Å². The van der Waals surface area contributed by atoms with Crippen molar-refractivity contribution in [3.8, 4) is 11.5 Å². The van der Waals surface area contributed by atoms with Gasteiger partial charge >= 0.3 is 12.2 Å². The van der Waals surface area contributed by atoms with Gasteiger partial charge in [-0.2, -0.15) is 13.2 Å². The van der Waals surface area contributed by atoms with E-state index in [0.717, 1.165) is 30.3 Å². The number of anilines is 1. The molecule has 12 heteroatoms. The van der Waals surface area contributed by atoms with Crippen LogP contribution in [-0.2, 0) is 6.18 Å². The largest absolute Gasteiger partial charge is 0.454 e. The fourth-order valence-corrected chi connectivity index (χ4v) is 3.52. The Bertz CT molecular complexity index is 1310. The maximum atomic E-state index is 13.8. The first-order valence-corrected chi connectivity index (χ1v) is 10.5. The molecule has 3 amide bonds. The molecule has 0 aliphatic carbocycles. The number of halogens is 7. The molecule has 35 heavy (non-hydrogen) atoms. The molecular weight excluding hydrogens is 518 g/mol. The van der Waals surface area contributed by atoms with E-state index in [0.29, 0.717) is 11.6 Å². The minimum absolute atomic E-state index is 0.00254. The van der Waals surface area contributed by atoms with Crippen LogP contribution in [0.1, 0.15) is 27.0 Å². The molecule has 2 N–H and O–H groups in total. The monoisotopic (exact) mass is 532 g/mol. The number of carbonyl (C=O) groups is 2. The minimum Gasteiger partial charge on any atom is -0.454 e. The van der Waals surface area contributed by atoms with Gasteiger partial charge in [-0.1, -0.05) is 29.3 Å². The van der Waals surface area contributed by atoms with Crippen LogP contribution in [0.2, 0.25) is 10.0 Å². The van der Waals surface area contributed by atoms with Crippen LogP contribution in [0.4, 0.5) is 32.4 Å². The normalized spacial score (nSPS) is 11.2. The summed E-state index contributed by atoms with van der Waals surface area (Å²) < 4.78 is 71.7. The minimum atomic E-state index is -4.58. The average molecular weight is 533 g/mol. The molecule has 0 aliphatic rings. The smallest absolute Gasteiger partial charge is 0.416 e. The van der Waals surface area contributed by atoms with Gasteiger partial charge in [0.15, 0.2) is 0 Å². The van der Waals surface area contributed by atoms with Gasteiger partial charge in [-0.15, -0.1) is 0 Å². The lowest BCUT2D eigenvalue weighted by Crippen LogP contribution is -2.35. The highest BCUT2D eigenvalue weighted by molar-refractivity contribution is 6.34. The molecular formula is C23H15Cl2F5N2O3. The lowest BCUT2D eigenvalue weighted by atomic mass is 10.1. The molecule has 0 unspecified atom stereocenters. The Morgan fingerprint density at radius 2 is 1.60 bits per heavy atom. The second kappa shape index (κ2) is 10.1. The Kier molecular flexibility index (Phi) is 7.56. The fraction of sp³-hybridized carbons (Fsp3) is 0.130. The quantitative estimate of drug-likeness (QED) is 0.339. The molecule has 0 aromatic heterocycles. The standard InChI is InChI=1S/C23H15Cl2F5N2O3/c1-10-8-16(31-22(34)32-21(33)18-14(26)4-3-5-15(18)27)11(2)19(25)20(10)35-17-7-6-12(9-13(17)24)23(28,29)30/h3-9H,1-2H3,(H2,31,32,33,34). The third-order valence-electron chi connectivity index (χ3n) is 4.79. The molecule has 5 nitrogen and oxygen atoms in total. The summed E-state index contributed by atoms with van der Waals surface area (Å²) in [5, 5.41) is 3.88. The van der Waals surface area contributed by atoms with Crippen LogP contribution in [0, 0.1) is 25.5 Å². The lowest BCUT2D eigenvalue weighted by molar-refractivity contribution is -0.137. The summed E-state index contributed by atoms with van der Waals surface area (Å²) >= 11 is 12.3. The SMILES string of the molecule is Cc1cc(NC(=O)NC(=O)c2c(F)cccc2F)c(C)c(Cl)c1Oc1ccc(C(F)(F)F)cc1Cl. The number of imide groups is 1. The molecule has 0 saturated carbocycles. The van der Waals surface area contributed by atoms with Gasteiger partial charge in [0.2, 0.25) is 0 Å². The van der Waals surface area contributed by atoms with E-state index in [-0.39, 0.29) is 32.8 Å². The Labute approximate surface area is 205 Å². The van der Waals surface area contributed by atoms with Gasteiger partial charge in [0.1, 0.15) is 28.7 Å². The second-order valence-corrected chi connectivity index (χ2v) is 8.04. The summed E-state index contributed by atoms with van der Waals surface area (Å²) in [4.78, 5) is 24.4. The number of carbonyl (C=O) groups excluding carboxylic acids is 2. The van der Waals surface area contributed by atoms with E-state index in [1.165, 1.54) is 13.0 Å². The van der Waals surface area contributed by atoms with Crippen LogP contribution in [0.3, 0.4) is 0 Å². The second-order valence-electron chi connectivity index (χ2n) is 7.26. The Hall–Kier alpha value is -3.37. The highest BCUT2D eigenvalue weighted by atomic mass is 35.5. The molecule has 0 atom stereocenters. The summed E-state index contributed by atoms with van der Waals surface area (Å²) in [6.07, 6.45) is -4.58. The highest BCUT2D eigenvalue weighted by Crippen LogP contribution is 2.42. The zero-order valence-corrected chi connectivity index (χ0v) is 19.4. The number of hydrogen-bond donors (Lipinski definition) is 2. The van der Waals surface area contributed by atoms with Gasteiger partial charge in [0.05, 0.1) is 15.6 Å². The summed E-state index contributed by atoms with van der Waals surface area (Å²) in [7, 11) is 0. The molecule has 0 heterocycles. The highest BCUT2D eigenvalue weighted by Gasteiger charge is 2.31. The van der Waals surface area contributed by atoms with Crippen LogP contribution >= 0.6 is 23.2 Å². The zero-order valence-electron chi connectivity index (χ0n) is 17.9. The molecule has 0 aliphatic heterocycles. The van der Waals surface area contributed by atoms with E-state index >= 15 is 0 Å². The van der Waals surface area contributed by atoms with Crippen LogP contribution in [0.25, 0.3) is 0 Å². The van der Waals surface area contributed by atoms with Gasteiger partial charge < -0.3 is 10.1 Å². The van der Waals surface area contributed by atoms with Crippen molar-refractivity contribution in [1.82, 2.24) is 5.32 Å². The Morgan fingerprint density at radius 3 is 2.17 bits per heavy atom. The molecule has 3 rings (SSSR count). The number of hydrogen-bond acceptors (Lipinski definition) is 3. The fourth-order valence-electron chi connectivity index (χ4n) is 3.01. The van der Waals surface area contributed by atoms with Crippen molar-refractivity contribution >= 4 is 40.8 Å². The van der Waals surface area contributed by atoms with Crippen molar-refractivity contribution in [2.75, 3.05) is 5.32 Å². The van der Waals surface area contributed by atoms with Gasteiger partial charge in [-0.3, -0.25) is 10.1 Å². The van der Waals surface area contributed by atoms with E-state index in [1.807, 2.05) is 5.32 Å². The van der Waals surface area contributed by atoms with Crippen LogP contribution < -0.4 is 15.4 Å². The molecule has 0 fully saturated rings. The molecule has 3 aromatic carbocycles. The maximum absolute atomic E-state index is 13.8. The number of benzene rings is 3. The van der Waals surface area contributed by atoms with Crippen molar-refractivity contribution in [3.63, 3.8) is 0 Å². The molecule has 0 bridgehead atoms. The number of amides is 3. The number of rotatable bonds is 4. The average Bonchev–Trinajstić information content (AvgIpc) is 2.75. The first-order valence-electron chi connectivity index (χ1n) is 9.70. The predicted molar refractivity (Wildman–Crippen MR) is 120 cm³/mol. The van der Waals surface area contributed by atoms with Crippen molar-refractivity contribution in [1.29, 1.82) is 0 Å². The number of alkyl halides is 3. The van der Waals surface area contributed by atoms with Gasteiger partial charge in [0, 0.05) is 5.69 Å². The Balaban J connectivity index is 1.81. The third kappa shape index (κ3) is 5.83. The van der Waals surface area contributed by atoms with Crippen molar-refractivity contribution in [2.24, 2.45) is 0 Å². The molecule has 0 saturated heterocycles. The third-order valence-corrected chi connectivity index (χ3v) is 5.54. The number of aryl methyl sites for hydroxylation is 1. The maximum Gasteiger partial charge on any atom is 0.416 e. The van der Waals surface area contributed by atoms with Gasteiger partial charge in [-0.25, -0.2) is 13.6 Å². The summed E-state index contributed by atoms with van der Waals surface area (Å²) in [6, 6.07) is 5.68. The van der Waals surface area contributed by atoms with Crippen LogP contribution in [0.5, 0.6) is 11.5 Å². The van der Waals surface area contributed by atoms with Crippen LogP contribution in [-0.4, -0.2) is 11.9 Å². The molecule has 184 valence electrons.